The molecule has 2 atom stereocenters. The third-order valence-electron chi connectivity index (χ3n) is 7.58. The second-order valence-electron chi connectivity index (χ2n) is 10.1. The molecule has 5 rings (SSSR count). The summed E-state index contributed by atoms with van der Waals surface area (Å²) in [5.41, 5.74) is 5.89. The minimum atomic E-state index is -3.81. The van der Waals surface area contributed by atoms with Gasteiger partial charge in [0.2, 0.25) is 10.0 Å². The zero-order chi connectivity index (χ0) is 27.9. The molecule has 0 saturated carbocycles. The van der Waals surface area contributed by atoms with Gasteiger partial charge in [-0.25, -0.2) is 13.1 Å². The molecule has 2 unspecified atom stereocenters. The third kappa shape index (κ3) is 5.02. The Morgan fingerprint density at radius 2 is 1.92 bits per heavy atom. The van der Waals surface area contributed by atoms with E-state index in [4.69, 9.17) is 4.74 Å². The quantitative estimate of drug-likeness (QED) is 0.360. The molecule has 0 saturated heterocycles. The highest BCUT2D eigenvalue weighted by Gasteiger charge is 2.34. The highest BCUT2D eigenvalue weighted by molar-refractivity contribution is 7.89. The first-order chi connectivity index (χ1) is 18.6. The van der Waals surface area contributed by atoms with Crippen molar-refractivity contribution in [2.45, 2.75) is 57.1 Å². The summed E-state index contributed by atoms with van der Waals surface area (Å²) in [6, 6.07) is 16.4. The number of hydrogen-bond acceptors (Lipinski definition) is 6. The van der Waals surface area contributed by atoms with Gasteiger partial charge in [-0.15, -0.1) is 5.10 Å². The van der Waals surface area contributed by atoms with E-state index in [0.29, 0.717) is 12.2 Å². The first-order valence-electron chi connectivity index (χ1n) is 13.0. The molecule has 9 nitrogen and oxygen atoms in total. The molecule has 4 aromatic rings. The van der Waals surface area contributed by atoms with Crippen LogP contribution in [0.25, 0.3) is 11.0 Å². The fraction of sp³-hybridized carbons (Fsp3) is 0.345. The summed E-state index contributed by atoms with van der Waals surface area (Å²) in [4.78, 5) is 12.1. The van der Waals surface area contributed by atoms with Gasteiger partial charge in [-0.2, -0.15) is 4.31 Å². The molecule has 10 heteroatoms. The van der Waals surface area contributed by atoms with Gasteiger partial charge in [-0.05, 0) is 66.3 Å². The topological polar surface area (TPSA) is 115 Å². The van der Waals surface area contributed by atoms with Gasteiger partial charge in [0.1, 0.15) is 22.3 Å². The Balaban J connectivity index is 1.56. The number of benzene rings is 3. The molecule has 0 radical (unpaired) electrons. The fourth-order valence-electron chi connectivity index (χ4n) is 5.28. The molecule has 1 aliphatic heterocycles. The largest absolute Gasteiger partial charge is 0.488 e. The van der Waals surface area contributed by atoms with Crippen LogP contribution >= 0.6 is 0 Å². The molecule has 0 fully saturated rings. The van der Waals surface area contributed by atoms with E-state index in [0.717, 1.165) is 38.9 Å². The first kappa shape index (κ1) is 26.8. The Labute approximate surface area is 228 Å². The zero-order valence-electron chi connectivity index (χ0n) is 22.5. The molecular formula is C29H32N4O5S. The number of carboxylic acids is 1. The molecule has 1 aromatic heterocycles. The summed E-state index contributed by atoms with van der Waals surface area (Å²) in [5, 5.41) is 18.2. The monoisotopic (exact) mass is 548 g/mol. The van der Waals surface area contributed by atoms with Crippen LogP contribution < -0.4 is 4.74 Å². The maximum Gasteiger partial charge on any atom is 0.304 e. The molecule has 2 heterocycles. The van der Waals surface area contributed by atoms with Crippen LogP contribution in [0, 0.1) is 13.8 Å². The molecule has 1 aliphatic rings. The standard InChI is InChI=1S/C29H32N4O5S/c1-5-22-17-33(39(36,37)27-9-7-6-8-26(27)38-22)16-21-14-20(11-10-18(21)2)24(15-28(34)35)23-12-13-25-29(19(23)3)30-31-32(25)4/h6-14,22,24H,5,15-17H2,1-4H3,(H,34,35). The van der Waals surface area contributed by atoms with Crippen molar-refractivity contribution in [2.24, 2.45) is 7.05 Å². The van der Waals surface area contributed by atoms with Crippen LogP contribution in [0.15, 0.2) is 59.5 Å². The second-order valence-corrected chi connectivity index (χ2v) is 12.0. The van der Waals surface area contributed by atoms with Gasteiger partial charge in [0.05, 0.1) is 18.5 Å². The van der Waals surface area contributed by atoms with Gasteiger partial charge in [0, 0.05) is 19.5 Å². The number of hydrogen-bond donors (Lipinski definition) is 1. The Morgan fingerprint density at radius 3 is 2.67 bits per heavy atom. The molecule has 0 bridgehead atoms. The van der Waals surface area contributed by atoms with E-state index >= 15 is 0 Å². The van der Waals surface area contributed by atoms with Gasteiger partial charge < -0.3 is 9.84 Å². The van der Waals surface area contributed by atoms with Crippen molar-refractivity contribution in [1.82, 2.24) is 19.3 Å². The number of sulfonamides is 1. The van der Waals surface area contributed by atoms with Crippen LogP contribution in [0.4, 0.5) is 0 Å². The Hall–Kier alpha value is -3.76. The number of aromatic nitrogens is 3. The molecule has 204 valence electrons. The second kappa shape index (κ2) is 10.4. The lowest BCUT2D eigenvalue weighted by atomic mass is 9.84. The van der Waals surface area contributed by atoms with Crippen molar-refractivity contribution >= 4 is 27.0 Å². The van der Waals surface area contributed by atoms with Gasteiger partial charge in [0.15, 0.2) is 0 Å². The highest BCUT2D eigenvalue weighted by atomic mass is 32.2. The molecular weight excluding hydrogens is 516 g/mol. The normalized spacial score (nSPS) is 17.8. The number of fused-ring (bicyclic) bond motifs is 2. The van der Waals surface area contributed by atoms with Crippen molar-refractivity contribution in [2.75, 3.05) is 6.54 Å². The minimum Gasteiger partial charge on any atom is -0.488 e. The first-order valence-corrected chi connectivity index (χ1v) is 14.4. The van der Waals surface area contributed by atoms with E-state index in [9.17, 15) is 18.3 Å². The van der Waals surface area contributed by atoms with E-state index in [1.165, 1.54) is 4.31 Å². The summed E-state index contributed by atoms with van der Waals surface area (Å²) in [5.74, 6) is -0.995. The third-order valence-corrected chi connectivity index (χ3v) is 9.43. The van der Waals surface area contributed by atoms with Gasteiger partial charge in [-0.1, -0.05) is 48.5 Å². The summed E-state index contributed by atoms with van der Waals surface area (Å²) in [7, 11) is -2.00. The summed E-state index contributed by atoms with van der Waals surface area (Å²) >= 11 is 0. The summed E-state index contributed by atoms with van der Waals surface area (Å²) in [6.45, 7) is 6.22. The summed E-state index contributed by atoms with van der Waals surface area (Å²) in [6.07, 6.45) is 0.258. The molecule has 3 aromatic carbocycles. The van der Waals surface area contributed by atoms with Crippen molar-refractivity contribution < 1.29 is 23.1 Å². The number of carbonyl (C=O) groups is 1. The molecule has 0 spiro atoms. The zero-order valence-corrected chi connectivity index (χ0v) is 23.3. The van der Waals surface area contributed by atoms with Gasteiger partial charge in [0.25, 0.3) is 0 Å². The predicted octanol–water partition coefficient (Wildman–Crippen LogP) is 4.55. The van der Waals surface area contributed by atoms with Crippen LogP contribution in [0.1, 0.15) is 53.5 Å². The van der Waals surface area contributed by atoms with Crippen molar-refractivity contribution in [3.05, 3.63) is 82.4 Å². The fourth-order valence-corrected chi connectivity index (χ4v) is 6.85. The molecule has 0 aliphatic carbocycles. The van der Waals surface area contributed by atoms with Crippen molar-refractivity contribution in [3.8, 4) is 5.75 Å². The van der Waals surface area contributed by atoms with Gasteiger partial charge in [-0.3, -0.25) is 4.79 Å². The van der Waals surface area contributed by atoms with Crippen LogP contribution in [0.2, 0.25) is 0 Å². The number of para-hydroxylation sites is 1. The van der Waals surface area contributed by atoms with E-state index in [1.807, 2.05) is 58.2 Å². The van der Waals surface area contributed by atoms with E-state index < -0.39 is 21.9 Å². The Bertz CT molecular complexity index is 1660. The number of carboxylic acid groups (broad SMARTS) is 1. The lowest BCUT2D eigenvalue weighted by molar-refractivity contribution is -0.137. The lowest BCUT2D eigenvalue weighted by Crippen LogP contribution is -2.36. The SMILES string of the molecule is CCC1CN(Cc2cc(C(CC(=O)O)c3ccc4c(nnn4C)c3C)ccc2C)S(=O)(=O)c2ccccc2O1. The Kier molecular flexibility index (Phi) is 7.17. The van der Waals surface area contributed by atoms with Crippen LogP contribution in [-0.4, -0.2) is 51.4 Å². The Morgan fingerprint density at radius 1 is 1.15 bits per heavy atom. The average Bonchev–Trinajstić information content (AvgIpc) is 3.24. The van der Waals surface area contributed by atoms with E-state index in [-0.39, 0.29) is 30.5 Å². The van der Waals surface area contributed by atoms with Crippen LogP contribution in [0.5, 0.6) is 5.75 Å². The summed E-state index contributed by atoms with van der Waals surface area (Å²) < 4.78 is 36.6. The molecule has 39 heavy (non-hydrogen) atoms. The van der Waals surface area contributed by atoms with E-state index in [1.54, 1.807) is 28.9 Å². The smallest absolute Gasteiger partial charge is 0.304 e. The van der Waals surface area contributed by atoms with Crippen LogP contribution in [-0.2, 0) is 28.4 Å². The number of aliphatic carboxylic acids is 1. The van der Waals surface area contributed by atoms with Crippen molar-refractivity contribution in [1.29, 1.82) is 0 Å². The lowest BCUT2D eigenvalue weighted by Gasteiger charge is -2.25. The average molecular weight is 549 g/mol. The number of nitrogens with zero attached hydrogens (tertiary/aromatic N) is 4. The van der Waals surface area contributed by atoms with Crippen molar-refractivity contribution in [3.63, 3.8) is 0 Å². The number of aryl methyl sites for hydroxylation is 3. The number of rotatable bonds is 7. The minimum absolute atomic E-state index is 0.115. The molecule has 0 amide bonds. The van der Waals surface area contributed by atoms with Gasteiger partial charge >= 0.3 is 5.97 Å². The number of ether oxygens (including phenoxy) is 1. The predicted molar refractivity (Wildman–Crippen MR) is 147 cm³/mol. The maximum atomic E-state index is 13.7. The maximum absolute atomic E-state index is 13.7. The van der Waals surface area contributed by atoms with Crippen LogP contribution in [0.3, 0.4) is 0 Å². The highest BCUT2D eigenvalue weighted by Crippen LogP contribution is 2.36. The van der Waals surface area contributed by atoms with E-state index in [2.05, 4.69) is 10.3 Å². The molecule has 1 N–H and O–H groups in total.